The first-order chi connectivity index (χ1) is 3.43. The molecule has 0 nitrogen and oxygen atoms in total. The van der Waals surface area contributed by atoms with E-state index in [1.54, 1.807) is 6.08 Å². The van der Waals surface area contributed by atoms with Crippen LogP contribution in [0, 0.1) is 6.08 Å². The molecule has 1 aliphatic rings. The second kappa shape index (κ2) is 1.78. The highest BCUT2D eigenvalue weighted by Crippen LogP contribution is 2.17. The van der Waals surface area contributed by atoms with E-state index in [0.29, 0.717) is 0 Å². The van der Waals surface area contributed by atoms with E-state index in [0.717, 1.165) is 6.42 Å². The lowest BCUT2D eigenvalue weighted by molar-refractivity contribution is 1.57. The molecule has 0 atom stereocenters. The monoisotopic (exact) mass is 91.1 g/mol. The summed E-state index contributed by atoms with van der Waals surface area (Å²) in [6, 6.07) is 0. The number of allylic oxidation sites excluding steroid dienone is 5. The van der Waals surface area contributed by atoms with Crippen molar-refractivity contribution in [1.29, 1.82) is 0 Å². The van der Waals surface area contributed by atoms with Crippen LogP contribution in [0.3, 0.4) is 0 Å². The molecule has 0 heteroatoms. The molecule has 0 heterocycles. The molecule has 0 saturated carbocycles. The molecule has 1 radical (unpaired) electrons. The predicted octanol–water partition coefficient (Wildman–Crippen LogP) is 1.86. The summed E-state index contributed by atoms with van der Waals surface area (Å²) in [6.45, 7) is 3.53. The van der Waals surface area contributed by atoms with Gasteiger partial charge in [-0.2, -0.15) is 0 Å². The van der Waals surface area contributed by atoms with Crippen molar-refractivity contribution in [3.63, 3.8) is 0 Å². The van der Waals surface area contributed by atoms with E-state index in [-0.39, 0.29) is 0 Å². The molecule has 1 aliphatic carbocycles. The third kappa shape index (κ3) is 1.40. The Balaban J connectivity index is 2.31. The van der Waals surface area contributed by atoms with Crippen molar-refractivity contribution in [1.82, 2.24) is 0 Å². The third-order valence-corrected chi connectivity index (χ3v) is 0.814. The molecule has 0 saturated heterocycles. The van der Waals surface area contributed by atoms with Gasteiger partial charge in [-0.1, -0.05) is 24.8 Å². The van der Waals surface area contributed by atoms with Crippen LogP contribution < -0.4 is 0 Å². The maximum atomic E-state index is 3.53. The van der Waals surface area contributed by atoms with Gasteiger partial charge in [-0.15, -0.1) is 0 Å². The molecule has 0 amide bonds. The highest BCUT2D eigenvalue weighted by molar-refractivity contribution is 5.30. The minimum absolute atomic E-state index is 1.06. The maximum Gasteiger partial charge on any atom is -0.00170 e. The predicted molar refractivity (Wildman–Crippen MR) is 30.7 cm³/mol. The molecule has 1 rings (SSSR count). The van der Waals surface area contributed by atoms with E-state index in [9.17, 15) is 0 Å². The van der Waals surface area contributed by atoms with Crippen LogP contribution in [0.5, 0.6) is 0 Å². The Hall–Kier alpha value is -0.780. The van der Waals surface area contributed by atoms with Crippen molar-refractivity contribution in [2.45, 2.75) is 6.42 Å². The van der Waals surface area contributed by atoms with Gasteiger partial charge in [0.15, 0.2) is 0 Å². The van der Waals surface area contributed by atoms with Gasteiger partial charge in [-0.3, -0.25) is 0 Å². The van der Waals surface area contributed by atoms with Crippen LogP contribution in [-0.2, 0) is 0 Å². The SMILES string of the molecule is C=CC=CC1=[C]C1. The number of hydrogen-bond acceptors (Lipinski definition) is 0. The molecule has 35 valence electrons. The Morgan fingerprint density at radius 2 is 2.43 bits per heavy atom. The van der Waals surface area contributed by atoms with E-state index >= 15 is 0 Å². The van der Waals surface area contributed by atoms with Gasteiger partial charge in [-0.25, -0.2) is 0 Å². The fourth-order valence-corrected chi connectivity index (χ4v) is 0.353. The fraction of sp³-hybridized carbons (Fsp3) is 0.143. The molecule has 0 spiro atoms. The Labute approximate surface area is 43.9 Å². The van der Waals surface area contributed by atoms with Gasteiger partial charge >= 0.3 is 0 Å². The van der Waals surface area contributed by atoms with E-state index in [4.69, 9.17) is 0 Å². The lowest BCUT2D eigenvalue weighted by Gasteiger charge is -1.66. The van der Waals surface area contributed by atoms with Crippen LogP contribution in [-0.4, -0.2) is 0 Å². The average Bonchev–Trinajstić information content (AvgIpc) is 2.42. The zero-order chi connectivity index (χ0) is 5.11. The standard InChI is InChI=1S/C7H7/c1-2-3-4-7-5-6-7/h2-4H,1,5H2. The zero-order valence-electron chi connectivity index (χ0n) is 4.15. The highest BCUT2D eigenvalue weighted by atomic mass is 14.0. The summed E-state index contributed by atoms with van der Waals surface area (Å²) < 4.78 is 0. The average molecular weight is 91.1 g/mol. The van der Waals surface area contributed by atoms with Gasteiger partial charge in [0.05, 0.1) is 0 Å². The lowest BCUT2D eigenvalue weighted by atomic mass is 10.4. The topological polar surface area (TPSA) is 0 Å². The summed E-state index contributed by atoms with van der Waals surface area (Å²) in [5.74, 6) is 0. The van der Waals surface area contributed by atoms with Crippen molar-refractivity contribution in [2.75, 3.05) is 0 Å². The van der Waals surface area contributed by atoms with Crippen molar-refractivity contribution < 1.29 is 0 Å². The minimum Gasteiger partial charge on any atom is -0.0991 e. The summed E-state index contributed by atoms with van der Waals surface area (Å²) in [7, 11) is 0. The molecule has 0 aliphatic heterocycles. The molecule has 0 fully saturated rings. The normalized spacial score (nSPS) is 16.9. The molecular formula is C7H7. The van der Waals surface area contributed by atoms with Gasteiger partial charge in [0, 0.05) is 0 Å². The summed E-state index contributed by atoms with van der Waals surface area (Å²) in [4.78, 5) is 0. The van der Waals surface area contributed by atoms with Gasteiger partial charge in [0.1, 0.15) is 0 Å². The summed E-state index contributed by atoms with van der Waals surface area (Å²) in [6.07, 6.45) is 9.83. The maximum absolute atomic E-state index is 3.53. The number of hydrogen-bond donors (Lipinski definition) is 0. The first-order valence-corrected chi connectivity index (χ1v) is 2.32. The Kier molecular flexibility index (Phi) is 1.12. The second-order valence-electron chi connectivity index (χ2n) is 1.47. The first kappa shape index (κ1) is 4.38. The quantitative estimate of drug-likeness (QED) is 0.455. The van der Waals surface area contributed by atoms with E-state index < -0.39 is 0 Å². The van der Waals surface area contributed by atoms with E-state index in [1.165, 1.54) is 5.57 Å². The largest absolute Gasteiger partial charge is 0.0991 e. The van der Waals surface area contributed by atoms with Gasteiger partial charge in [0.25, 0.3) is 0 Å². The third-order valence-electron chi connectivity index (χ3n) is 0.814. The summed E-state index contributed by atoms with van der Waals surface area (Å²) in [5.41, 5.74) is 1.31. The van der Waals surface area contributed by atoms with Gasteiger partial charge < -0.3 is 0 Å². The van der Waals surface area contributed by atoms with Crippen LogP contribution in [0.1, 0.15) is 6.42 Å². The molecule has 7 heavy (non-hydrogen) atoms. The second-order valence-corrected chi connectivity index (χ2v) is 1.47. The highest BCUT2D eigenvalue weighted by Gasteiger charge is 2.00. The van der Waals surface area contributed by atoms with Crippen molar-refractivity contribution in [3.8, 4) is 0 Å². The molecule has 0 unspecified atom stereocenters. The zero-order valence-corrected chi connectivity index (χ0v) is 4.15. The Morgan fingerprint density at radius 3 is 2.86 bits per heavy atom. The Morgan fingerprint density at radius 1 is 1.71 bits per heavy atom. The molecule has 0 bridgehead atoms. The first-order valence-electron chi connectivity index (χ1n) is 2.32. The molecule has 0 aromatic heterocycles. The van der Waals surface area contributed by atoms with Crippen LogP contribution in [0.4, 0.5) is 0 Å². The van der Waals surface area contributed by atoms with Crippen LogP contribution in [0.25, 0.3) is 0 Å². The van der Waals surface area contributed by atoms with Crippen molar-refractivity contribution >= 4 is 0 Å². The van der Waals surface area contributed by atoms with Gasteiger partial charge in [-0.05, 0) is 18.1 Å². The van der Waals surface area contributed by atoms with Crippen LogP contribution in [0.15, 0.2) is 30.4 Å². The molecule has 0 N–H and O–H groups in total. The van der Waals surface area contributed by atoms with Gasteiger partial charge in [0.2, 0.25) is 0 Å². The number of rotatable bonds is 2. The van der Waals surface area contributed by atoms with Crippen LogP contribution in [0.2, 0.25) is 0 Å². The fourth-order valence-electron chi connectivity index (χ4n) is 0.353. The van der Waals surface area contributed by atoms with E-state index in [1.807, 2.05) is 12.2 Å². The lowest BCUT2D eigenvalue weighted by Crippen LogP contribution is -1.46. The Bertz CT molecular complexity index is 127. The van der Waals surface area contributed by atoms with Crippen molar-refractivity contribution in [2.24, 2.45) is 0 Å². The molecular weight excluding hydrogens is 84.1 g/mol. The molecule has 0 aromatic rings. The molecule has 0 aromatic carbocycles. The van der Waals surface area contributed by atoms with Crippen molar-refractivity contribution in [3.05, 3.63) is 36.5 Å². The van der Waals surface area contributed by atoms with Crippen LogP contribution >= 0.6 is 0 Å². The minimum atomic E-state index is 1.06. The summed E-state index contributed by atoms with van der Waals surface area (Å²) in [5, 5.41) is 0. The summed E-state index contributed by atoms with van der Waals surface area (Å²) >= 11 is 0. The van der Waals surface area contributed by atoms with E-state index in [2.05, 4.69) is 12.7 Å². The smallest absolute Gasteiger partial charge is 0.00170 e.